The summed E-state index contributed by atoms with van der Waals surface area (Å²) < 4.78 is 0. The molecule has 0 unspecified atom stereocenters. The van der Waals surface area contributed by atoms with E-state index in [1.165, 1.54) is 32.1 Å². The second-order valence-corrected chi connectivity index (χ2v) is 4.83. The lowest BCUT2D eigenvalue weighted by atomic mass is 9.74. The lowest BCUT2D eigenvalue weighted by Gasteiger charge is -2.28. The molecule has 1 fully saturated rings. The third kappa shape index (κ3) is 3.50. The highest BCUT2D eigenvalue weighted by Gasteiger charge is 2.29. The third-order valence-electron chi connectivity index (χ3n) is 3.34. The Morgan fingerprint density at radius 2 is 1.64 bits per heavy atom. The van der Waals surface area contributed by atoms with E-state index in [1.807, 2.05) is 0 Å². The summed E-state index contributed by atoms with van der Waals surface area (Å²) >= 11 is 5.70. The molecule has 14 heavy (non-hydrogen) atoms. The Kier molecular flexibility index (Phi) is 5.33. The lowest BCUT2D eigenvalue weighted by Crippen LogP contribution is -2.20. The molecular weight excluding hydrogens is 194 g/mol. The maximum Gasteiger partial charge on any atom is 0.0689 e. The Morgan fingerprint density at radius 3 is 2.14 bits per heavy atom. The largest absolute Gasteiger partial charge is 0.198 e. The zero-order chi connectivity index (χ0) is 10.3. The van der Waals surface area contributed by atoms with Crippen LogP contribution in [0, 0.1) is 16.7 Å². The average Bonchev–Trinajstić information content (AvgIpc) is 2.18. The van der Waals surface area contributed by atoms with Crippen LogP contribution in [0.5, 0.6) is 0 Å². The van der Waals surface area contributed by atoms with E-state index in [-0.39, 0.29) is 5.41 Å². The van der Waals surface area contributed by atoms with Gasteiger partial charge in [-0.1, -0.05) is 32.1 Å². The molecule has 1 rings (SSSR count). The molecule has 1 nitrogen and oxygen atoms in total. The molecule has 2 heteroatoms. The molecule has 1 aliphatic rings. The van der Waals surface area contributed by atoms with Crippen LogP contribution in [0.4, 0.5) is 0 Å². The molecule has 0 aromatic heterocycles. The molecule has 80 valence electrons. The predicted octanol–water partition coefficient (Wildman–Crippen LogP) is 4.26. The van der Waals surface area contributed by atoms with Gasteiger partial charge in [0, 0.05) is 5.88 Å². The first-order chi connectivity index (χ1) is 6.83. The van der Waals surface area contributed by atoms with Crippen molar-refractivity contribution in [2.24, 2.45) is 5.41 Å². The van der Waals surface area contributed by atoms with Gasteiger partial charge >= 0.3 is 0 Å². The highest BCUT2D eigenvalue weighted by molar-refractivity contribution is 6.17. The molecule has 0 heterocycles. The molecule has 0 radical (unpaired) electrons. The van der Waals surface area contributed by atoms with Gasteiger partial charge in [0.05, 0.1) is 11.5 Å². The molecule has 0 spiro atoms. The Bertz CT molecular complexity index is 181. The molecule has 0 atom stereocenters. The van der Waals surface area contributed by atoms with Crippen molar-refractivity contribution in [2.75, 3.05) is 5.88 Å². The van der Waals surface area contributed by atoms with Gasteiger partial charge in [-0.3, -0.25) is 0 Å². The molecule has 1 aliphatic carbocycles. The van der Waals surface area contributed by atoms with Crippen LogP contribution < -0.4 is 0 Å². The molecule has 0 bridgehead atoms. The first-order valence-corrected chi connectivity index (χ1v) is 6.34. The average molecular weight is 214 g/mol. The summed E-state index contributed by atoms with van der Waals surface area (Å²) in [5, 5.41) is 9.29. The van der Waals surface area contributed by atoms with Gasteiger partial charge < -0.3 is 0 Å². The minimum atomic E-state index is -0.0324. The maximum atomic E-state index is 9.29. The number of hydrogen-bond donors (Lipinski definition) is 0. The molecule has 1 saturated carbocycles. The standard InChI is InChI=1S/C12H20ClN/c13-10-6-9-12(11-14)7-4-2-1-3-5-8-12/h1-10H2. The van der Waals surface area contributed by atoms with Gasteiger partial charge in [-0.25, -0.2) is 0 Å². The normalized spacial score (nSPS) is 22.0. The molecule has 0 aromatic rings. The van der Waals surface area contributed by atoms with E-state index in [0.29, 0.717) is 5.88 Å². The van der Waals surface area contributed by atoms with Crippen LogP contribution in [0.1, 0.15) is 57.8 Å². The molecule has 0 aromatic carbocycles. The molecular formula is C12H20ClN. The summed E-state index contributed by atoms with van der Waals surface area (Å²) in [6, 6.07) is 2.56. The van der Waals surface area contributed by atoms with Gasteiger partial charge in [-0.05, 0) is 25.7 Å². The number of nitrogens with zero attached hydrogens (tertiary/aromatic N) is 1. The van der Waals surface area contributed by atoms with Crippen LogP contribution in [0.15, 0.2) is 0 Å². The predicted molar refractivity (Wildman–Crippen MR) is 60.3 cm³/mol. The van der Waals surface area contributed by atoms with E-state index in [0.717, 1.165) is 25.7 Å². The second kappa shape index (κ2) is 6.30. The highest BCUT2D eigenvalue weighted by Crippen LogP contribution is 2.37. The minimum Gasteiger partial charge on any atom is -0.198 e. The summed E-state index contributed by atoms with van der Waals surface area (Å²) in [7, 11) is 0. The monoisotopic (exact) mass is 213 g/mol. The Balaban J connectivity index is 2.50. The SMILES string of the molecule is N#CC1(CCCCl)CCCCCCC1. The number of alkyl halides is 1. The number of hydrogen-bond acceptors (Lipinski definition) is 1. The first kappa shape index (κ1) is 11.9. The summed E-state index contributed by atoms with van der Waals surface area (Å²) in [4.78, 5) is 0. The summed E-state index contributed by atoms with van der Waals surface area (Å²) in [5.41, 5.74) is -0.0324. The maximum absolute atomic E-state index is 9.29. The zero-order valence-electron chi connectivity index (χ0n) is 8.90. The number of rotatable bonds is 3. The van der Waals surface area contributed by atoms with Crippen molar-refractivity contribution in [1.29, 1.82) is 5.26 Å². The van der Waals surface area contributed by atoms with Crippen molar-refractivity contribution in [3.05, 3.63) is 0 Å². The van der Waals surface area contributed by atoms with Gasteiger partial charge in [-0.15, -0.1) is 11.6 Å². The van der Waals surface area contributed by atoms with E-state index in [4.69, 9.17) is 11.6 Å². The molecule has 0 N–H and O–H groups in total. The van der Waals surface area contributed by atoms with E-state index in [2.05, 4.69) is 6.07 Å². The van der Waals surface area contributed by atoms with Gasteiger partial charge in [0.25, 0.3) is 0 Å². The molecule has 0 saturated heterocycles. The Hall–Kier alpha value is -0.220. The Morgan fingerprint density at radius 1 is 1.07 bits per heavy atom. The van der Waals surface area contributed by atoms with Crippen LogP contribution in [0.25, 0.3) is 0 Å². The fraction of sp³-hybridized carbons (Fsp3) is 0.917. The van der Waals surface area contributed by atoms with E-state index in [1.54, 1.807) is 0 Å². The van der Waals surface area contributed by atoms with E-state index < -0.39 is 0 Å². The third-order valence-corrected chi connectivity index (χ3v) is 3.60. The van der Waals surface area contributed by atoms with Crippen LogP contribution in [-0.4, -0.2) is 5.88 Å². The van der Waals surface area contributed by atoms with Crippen LogP contribution in [-0.2, 0) is 0 Å². The summed E-state index contributed by atoms with van der Waals surface area (Å²) in [6.07, 6.45) is 10.6. The van der Waals surface area contributed by atoms with Crippen molar-refractivity contribution in [1.82, 2.24) is 0 Å². The topological polar surface area (TPSA) is 23.8 Å². The smallest absolute Gasteiger partial charge is 0.0689 e. The minimum absolute atomic E-state index is 0.0324. The highest BCUT2D eigenvalue weighted by atomic mass is 35.5. The van der Waals surface area contributed by atoms with Gasteiger partial charge in [0.1, 0.15) is 0 Å². The van der Waals surface area contributed by atoms with E-state index in [9.17, 15) is 5.26 Å². The van der Waals surface area contributed by atoms with Crippen molar-refractivity contribution in [3.63, 3.8) is 0 Å². The van der Waals surface area contributed by atoms with Crippen molar-refractivity contribution in [2.45, 2.75) is 57.8 Å². The number of halogens is 1. The quantitative estimate of drug-likeness (QED) is 0.643. The summed E-state index contributed by atoms with van der Waals surface area (Å²) in [5.74, 6) is 0.698. The number of nitriles is 1. The van der Waals surface area contributed by atoms with Crippen LogP contribution >= 0.6 is 11.6 Å². The summed E-state index contributed by atoms with van der Waals surface area (Å²) in [6.45, 7) is 0. The zero-order valence-corrected chi connectivity index (χ0v) is 9.65. The van der Waals surface area contributed by atoms with Crippen molar-refractivity contribution < 1.29 is 0 Å². The van der Waals surface area contributed by atoms with Gasteiger partial charge in [0.15, 0.2) is 0 Å². The molecule has 0 aliphatic heterocycles. The van der Waals surface area contributed by atoms with Crippen molar-refractivity contribution in [3.8, 4) is 6.07 Å². The molecule has 0 amide bonds. The van der Waals surface area contributed by atoms with Gasteiger partial charge in [0.2, 0.25) is 0 Å². The lowest BCUT2D eigenvalue weighted by molar-refractivity contribution is 0.268. The van der Waals surface area contributed by atoms with Crippen LogP contribution in [0.2, 0.25) is 0 Å². The van der Waals surface area contributed by atoms with Gasteiger partial charge in [-0.2, -0.15) is 5.26 Å². The first-order valence-electron chi connectivity index (χ1n) is 5.80. The fourth-order valence-electron chi connectivity index (χ4n) is 2.41. The Labute approximate surface area is 92.4 Å². The second-order valence-electron chi connectivity index (χ2n) is 4.45. The fourth-order valence-corrected chi connectivity index (χ4v) is 2.54. The van der Waals surface area contributed by atoms with Crippen molar-refractivity contribution >= 4 is 11.6 Å². The van der Waals surface area contributed by atoms with Crippen LogP contribution in [0.3, 0.4) is 0 Å². The van der Waals surface area contributed by atoms with E-state index >= 15 is 0 Å².